The number of nitrogens with zero attached hydrogens (tertiary/aromatic N) is 1. The molecule has 1 aromatic carbocycles. The Morgan fingerprint density at radius 2 is 1.65 bits per heavy atom. The van der Waals surface area contributed by atoms with Gasteiger partial charge in [-0.1, -0.05) is 17.7 Å². The molecule has 5 nitrogen and oxygen atoms in total. The summed E-state index contributed by atoms with van der Waals surface area (Å²) in [6.07, 6.45) is 2.10. The molecule has 0 aliphatic heterocycles. The van der Waals surface area contributed by atoms with Crippen molar-refractivity contribution >= 4 is 10.1 Å². The Hall–Kier alpha value is -1.76. The summed E-state index contributed by atoms with van der Waals surface area (Å²) < 4.78 is 36.8. The predicted molar refractivity (Wildman–Crippen MR) is 89.0 cm³/mol. The van der Waals surface area contributed by atoms with E-state index < -0.39 is 10.1 Å². The van der Waals surface area contributed by atoms with E-state index in [4.69, 9.17) is 9.29 Å². The van der Waals surface area contributed by atoms with E-state index in [1.807, 2.05) is 6.92 Å². The smallest absolute Gasteiger partial charge is 0.294 e. The van der Waals surface area contributed by atoms with Crippen LogP contribution in [0.1, 0.15) is 16.8 Å². The highest BCUT2D eigenvalue weighted by Crippen LogP contribution is 2.08. The minimum absolute atomic E-state index is 0.0666. The molecular formula is C17H24NO4S+. The van der Waals surface area contributed by atoms with Crippen molar-refractivity contribution in [1.29, 1.82) is 0 Å². The summed E-state index contributed by atoms with van der Waals surface area (Å²) in [5.41, 5.74) is 3.55. The lowest BCUT2D eigenvalue weighted by Gasteiger charge is -1.99. The number of methoxy groups -OCH3 is 1. The van der Waals surface area contributed by atoms with Crippen LogP contribution in [0.5, 0.6) is 0 Å². The summed E-state index contributed by atoms with van der Waals surface area (Å²) in [6, 6.07) is 10.3. The number of aromatic nitrogens is 1. The topological polar surface area (TPSA) is 67.5 Å². The van der Waals surface area contributed by atoms with Crippen molar-refractivity contribution in [2.75, 3.05) is 13.7 Å². The first kappa shape index (κ1) is 19.3. The standard InChI is InChI=1S/C10H16NO.C7H8O3S/c1-9-4-5-11(6-7-12-3)10(2)8-9;1-6-2-4-7(5-3-6)11(8,9)10/h4-5,8H,6-7H2,1-3H3;2-5H,1H3,(H,8,9,10)/q+1;. The van der Waals surface area contributed by atoms with Gasteiger partial charge < -0.3 is 4.74 Å². The summed E-state index contributed by atoms with van der Waals surface area (Å²) in [5, 5.41) is 0. The normalized spacial score (nSPS) is 10.8. The van der Waals surface area contributed by atoms with Crippen molar-refractivity contribution in [2.24, 2.45) is 0 Å². The second-order valence-electron chi connectivity index (χ2n) is 5.32. The molecule has 126 valence electrons. The first-order chi connectivity index (χ1) is 10.7. The minimum atomic E-state index is -4.02. The second kappa shape index (κ2) is 8.76. The maximum Gasteiger partial charge on any atom is 0.294 e. The molecular weight excluding hydrogens is 314 g/mol. The minimum Gasteiger partial charge on any atom is -0.378 e. The van der Waals surface area contributed by atoms with Gasteiger partial charge in [0.05, 0.1) is 4.90 Å². The van der Waals surface area contributed by atoms with Gasteiger partial charge in [-0.15, -0.1) is 0 Å². The first-order valence-electron chi connectivity index (χ1n) is 7.24. The van der Waals surface area contributed by atoms with Crippen LogP contribution in [0.15, 0.2) is 47.5 Å². The van der Waals surface area contributed by atoms with E-state index in [0.717, 1.165) is 18.7 Å². The molecule has 2 aromatic rings. The highest BCUT2D eigenvalue weighted by molar-refractivity contribution is 7.85. The van der Waals surface area contributed by atoms with E-state index in [-0.39, 0.29) is 4.90 Å². The quantitative estimate of drug-likeness (QED) is 0.687. The predicted octanol–water partition coefficient (Wildman–Crippen LogP) is 2.48. The molecule has 0 unspecified atom stereocenters. The average molecular weight is 338 g/mol. The highest BCUT2D eigenvalue weighted by Gasteiger charge is 2.07. The molecule has 1 aromatic heterocycles. The molecule has 0 aliphatic carbocycles. The second-order valence-corrected chi connectivity index (χ2v) is 6.74. The van der Waals surface area contributed by atoms with Gasteiger partial charge in [-0.05, 0) is 31.5 Å². The maximum absolute atomic E-state index is 10.5. The van der Waals surface area contributed by atoms with Crippen molar-refractivity contribution in [3.05, 3.63) is 59.4 Å². The lowest BCUT2D eigenvalue weighted by molar-refractivity contribution is -0.704. The lowest BCUT2D eigenvalue weighted by Crippen LogP contribution is -2.38. The molecule has 0 fully saturated rings. The first-order valence-corrected chi connectivity index (χ1v) is 8.68. The molecule has 0 amide bonds. The summed E-state index contributed by atoms with van der Waals surface area (Å²) in [6.45, 7) is 7.77. The van der Waals surface area contributed by atoms with Gasteiger partial charge in [-0.25, -0.2) is 4.57 Å². The Kier molecular flexibility index (Phi) is 7.35. The fourth-order valence-corrected chi connectivity index (χ4v) is 2.42. The van der Waals surface area contributed by atoms with E-state index >= 15 is 0 Å². The van der Waals surface area contributed by atoms with Crippen LogP contribution in [-0.2, 0) is 21.4 Å². The molecule has 23 heavy (non-hydrogen) atoms. The van der Waals surface area contributed by atoms with Gasteiger partial charge in [0.2, 0.25) is 0 Å². The Balaban J connectivity index is 0.000000231. The van der Waals surface area contributed by atoms with Gasteiger partial charge in [0.15, 0.2) is 18.4 Å². The highest BCUT2D eigenvalue weighted by atomic mass is 32.2. The monoisotopic (exact) mass is 338 g/mol. The van der Waals surface area contributed by atoms with Crippen LogP contribution in [0.25, 0.3) is 0 Å². The van der Waals surface area contributed by atoms with Crippen molar-refractivity contribution in [2.45, 2.75) is 32.2 Å². The largest absolute Gasteiger partial charge is 0.378 e. The number of hydrogen-bond donors (Lipinski definition) is 1. The molecule has 0 atom stereocenters. The van der Waals surface area contributed by atoms with Crippen LogP contribution < -0.4 is 4.57 Å². The molecule has 0 saturated heterocycles. The van der Waals surface area contributed by atoms with Gasteiger partial charge in [-0.3, -0.25) is 4.55 Å². The zero-order valence-electron chi connectivity index (χ0n) is 14.0. The van der Waals surface area contributed by atoms with Crippen LogP contribution in [0, 0.1) is 20.8 Å². The third kappa shape index (κ3) is 6.90. The maximum atomic E-state index is 10.5. The van der Waals surface area contributed by atoms with Crippen LogP contribution >= 0.6 is 0 Å². The molecule has 6 heteroatoms. The molecule has 1 N–H and O–H groups in total. The van der Waals surface area contributed by atoms with E-state index in [9.17, 15) is 8.42 Å². The SMILES string of the molecule is COCC[n+]1ccc(C)cc1C.Cc1ccc(S(=O)(=O)O)cc1. The zero-order valence-corrected chi connectivity index (χ0v) is 14.8. The van der Waals surface area contributed by atoms with E-state index in [2.05, 4.69) is 36.7 Å². The zero-order chi connectivity index (χ0) is 17.5. The number of ether oxygens (including phenoxy) is 1. The van der Waals surface area contributed by atoms with E-state index in [0.29, 0.717) is 0 Å². The van der Waals surface area contributed by atoms with E-state index in [1.165, 1.54) is 23.4 Å². The van der Waals surface area contributed by atoms with Crippen molar-refractivity contribution in [1.82, 2.24) is 0 Å². The Morgan fingerprint density at radius 3 is 2.13 bits per heavy atom. The third-order valence-electron chi connectivity index (χ3n) is 3.26. The molecule has 0 saturated carbocycles. The van der Waals surface area contributed by atoms with Gasteiger partial charge in [0.1, 0.15) is 6.61 Å². The summed E-state index contributed by atoms with van der Waals surface area (Å²) >= 11 is 0. The van der Waals surface area contributed by atoms with Crippen molar-refractivity contribution in [3.63, 3.8) is 0 Å². The number of pyridine rings is 1. The molecule has 0 bridgehead atoms. The van der Waals surface area contributed by atoms with Crippen LogP contribution in [-0.4, -0.2) is 26.7 Å². The molecule has 0 radical (unpaired) electrons. The fourth-order valence-electron chi connectivity index (χ4n) is 1.94. The van der Waals surface area contributed by atoms with Gasteiger partial charge >= 0.3 is 0 Å². The average Bonchev–Trinajstić information content (AvgIpc) is 2.46. The molecule has 2 rings (SSSR count). The van der Waals surface area contributed by atoms with Crippen molar-refractivity contribution < 1.29 is 22.3 Å². The Bertz CT molecular complexity index is 725. The number of benzene rings is 1. The van der Waals surface area contributed by atoms with E-state index in [1.54, 1.807) is 19.2 Å². The van der Waals surface area contributed by atoms with Crippen LogP contribution in [0.3, 0.4) is 0 Å². The number of hydrogen-bond acceptors (Lipinski definition) is 3. The summed E-state index contributed by atoms with van der Waals surface area (Å²) in [5.74, 6) is 0. The van der Waals surface area contributed by atoms with Gasteiger partial charge in [-0.2, -0.15) is 8.42 Å². The lowest BCUT2D eigenvalue weighted by atomic mass is 10.2. The fraction of sp³-hybridized carbons (Fsp3) is 0.353. The van der Waals surface area contributed by atoms with Crippen molar-refractivity contribution in [3.8, 4) is 0 Å². The van der Waals surface area contributed by atoms with Gasteiger partial charge in [0, 0.05) is 26.2 Å². The summed E-state index contributed by atoms with van der Waals surface area (Å²) in [7, 11) is -2.29. The number of aryl methyl sites for hydroxylation is 3. The third-order valence-corrected chi connectivity index (χ3v) is 4.13. The Morgan fingerprint density at radius 1 is 1.04 bits per heavy atom. The Labute approximate surface area is 138 Å². The number of rotatable bonds is 4. The van der Waals surface area contributed by atoms with Crippen LogP contribution in [0.2, 0.25) is 0 Å². The molecule has 0 aliphatic rings. The molecule has 0 spiro atoms. The molecule has 1 heterocycles. The summed E-state index contributed by atoms with van der Waals surface area (Å²) in [4.78, 5) is -0.0666. The van der Waals surface area contributed by atoms with Gasteiger partial charge in [0.25, 0.3) is 10.1 Å². The van der Waals surface area contributed by atoms with Crippen LogP contribution in [0.4, 0.5) is 0 Å².